The summed E-state index contributed by atoms with van der Waals surface area (Å²) in [4.78, 5) is 22.4. The van der Waals surface area contributed by atoms with Gasteiger partial charge >= 0.3 is 6.09 Å². The number of hydrogen-bond acceptors (Lipinski definition) is 7. The molecule has 2 aromatic carbocycles. The molecule has 9 heteroatoms. The third kappa shape index (κ3) is 4.95. The SMILES string of the molecule is Cc1cc2ncc3cc(-c4ccccc4C#N)c(-c4ccc(C5(NC(=O)OC(C)(C)C)CC(C)(O)C5)cc4)nc3n2n1. The summed E-state index contributed by atoms with van der Waals surface area (Å²) in [5.41, 5.74) is 4.36. The Kier molecular flexibility index (Phi) is 6.28. The van der Waals surface area contributed by atoms with Crippen LogP contribution in [-0.4, -0.2) is 42.0 Å². The first-order valence-corrected chi connectivity index (χ1v) is 13.9. The number of hydrogen-bond donors (Lipinski definition) is 2. The lowest BCUT2D eigenvalue weighted by Gasteiger charge is -2.52. The minimum atomic E-state index is -0.900. The Labute approximate surface area is 243 Å². The van der Waals surface area contributed by atoms with E-state index in [4.69, 9.17) is 9.72 Å². The number of nitriles is 1. The van der Waals surface area contributed by atoms with E-state index < -0.39 is 22.8 Å². The van der Waals surface area contributed by atoms with Gasteiger partial charge < -0.3 is 15.2 Å². The molecule has 1 saturated carbocycles. The molecule has 0 atom stereocenters. The molecule has 1 aliphatic carbocycles. The molecule has 0 unspecified atom stereocenters. The van der Waals surface area contributed by atoms with E-state index in [0.717, 1.165) is 33.3 Å². The molecule has 0 saturated heterocycles. The molecule has 0 spiro atoms. The smallest absolute Gasteiger partial charge is 0.408 e. The van der Waals surface area contributed by atoms with Crippen LogP contribution in [0.25, 0.3) is 39.1 Å². The van der Waals surface area contributed by atoms with Crippen molar-refractivity contribution in [2.24, 2.45) is 0 Å². The topological polar surface area (TPSA) is 125 Å². The first-order valence-electron chi connectivity index (χ1n) is 13.9. The summed E-state index contributed by atoms with van der Waals surface area (Å²) in [5, 5.41) is 29.0. The lowest BCUT2D eigenvalue weighted by molar-refractivity contribution is -0.0892. The second-order valence-corrected chi connectivity index (χ2v) is 12.4. The van der Waals surface area contributed by atoms with Crippen molar-refractivity contribution in [3.8, 4) is 28.5 Å². The van der Waals surface area contributed by atoms with Crippen LogP contribution < -0.4 is 5.32 Å². The quantitative estimate of drug-likeness (QED) is 0.274. The zero-order valence-corrected chi connectivity index (χ0v) is 24.3. The van der Waals surface area contributed by atoms with Gasteiger partial charge in [-0.2, -0.15) is 14.9 Å². The average Bonchev–Trinajstić information content (AvgIpc) is 3.31. The van der Waals surface area contributed by atoms with E-state index >= 15 is 0 Å². The van der Waals surface area contributed by atoms with Crippen LogP contribution in [0.2, 0.25) is 0 Å². The minimum Gasteiger partial charge on any atom is -0.444 e. The fourth-order valence-corrected chi connectivity index (χ4v) is 5.95. The molecular formula is C33H32N6O3. The van der Waals surface area contributed by atoms with Crippen LogP contribution in [0.15, 0.2) is 66.9 Å². The predicted molar refractivity (Wildman–Crippen MR) is 160 cm³/mol. The second kappa shape index (κ2) is 9.64. The van der Waals surface area contributed by atoms with Crippen LogP contribution in [0.1, 0.15) is 57.4 Å². The molecule has 3 heterocycles. The zero-order chi connectivity index (χ0) is 29.9. The number of carbonyl (C=O) groups excluding carboxylic acids is 1. The van der Waals surface area contributed by atoms with Crippen molar-refractivity contribution in [1.29, 1.82) is 5.26 Å². The van der Waals surface area contributed by atoms with Crippen molar-refractivity contribution in [3.63, 3.8) is 0 Å². The molecule has 0 bridgehead atoms. The Morgan fingerprint density at radius 3 is 2.48 bits per heavy atom. The Bertz CT molecular complexity index is 1890. The molecule has 1 aliphatic rings. The molecule has 9 nitrogen and oxygen atoms in total. The summed E-state index contributed by atoms with van der Waals surface area (Å²) >= 11 is 0. The van der Waals surface area contributed by atoms with Crippen LogP contribution in [0.4, 0.5) is 4.79 Å². The van der Waals surface area contributed by atoms with E-state index in [1.807, 2.05) is 82.3 Å². The van der Waals surface area contributed by atoms with Crippen LogP contribution >= 0.6 is 0 Å². The van der Waals surface area contributed by atoms with Gasteiger partial charge in [0, 0.05) is 47.2 Å². The minimum absolute atomic E-state index is 0.358. The molecular weight excluding hydrogens is 528 g/mol. The monoisotopic (exact) mass is 560 g/mol. The van der Waals surface area contributed by atoms with E-state index in [9.17, 15) is 15.2 Å². The maximum absolute atomic E-state index is 12.8. The van der Waals surface area contributed by atoms with Gasteiger partial charge in [-0.15, -0.1) is 0 Å². The van der Waals surface area contributed by atoms with Gasteiger partial charge in [0.25, 0.3) is 0 Å². The van der Waals surface area contributed by atoms with Gasteiger partial charge in [0.15, 0.2) is 11.3 Å². The van der Waals surface area contributed by atoms with Gasteiger partial charge in [-0.05, 0) is 52.3 Å². The highest BCUT2D eigenvalue weighted by atomic mass is 16.6. The maximum atomic E-state index is 12.8. The Morgan fingerprint density at radius 2 is 1.81 bits per heavy atom. The first-order chi connectivity index (χ1) is 19.9. The third-order valence-electron chi connectivity index (χ3n) is 7.53. The number of rotatable bonds is 4. The van der Waals surface area contributed by atoms with Gasteiger partial charge in [0.05, 0.1) is 34.2 Å². The molecule has 3 aromatic heterocycles. The second-order valence-electron chi connectivity index (χ2n) is 12.4. The zero-order valence-electron chi connectivity index (χ0n) is 24.3. The van der Waals surface area contributed by atoms with E-state index in [1.165, 1.54) is 0 Å². The number of fused-ring (bicyclic) bond motifs is 3. The molecule has 0 radical (unpaired) electrons. The molecule has 42 heavy (non-hydrogen) atoms. The van der Waals surface area contributed by atoms with E-state index in [-0.39, 0.29) is 0 Å². The van der Waals surface area contributed by atoms with E-state index in [0.29, 0.717) is 35.4 Å². The fourth-order valence-electron chi connectivity index (χ4n) is 5.95. The van der Waals surface area contributed by atoms with Crippen LogP contribution in [0, 0.1) is 18.3 Å². The summed E-state index contributed by atoms with van der Waals surface area (Å²) in [5.74, 6) is 0. The first kappa shape index (κ1) is 27.4. The standard InChI is InChI=1S/C33H32N6O3/c1-20-14-27-35-17-23-15-26(25-9-7-6-8-22(25)16-34)28(36-29(23)39(27)38-20)21-10-12-24(13-11-21)33(18-32(5,41)19-33)37-30(40)42-31(2,3)4/h6-15,17,41H,18-19H2,1-5H3,(H,37,40). The highest BCUT2D eigenvalue weighted by molar-refractivity contribution is 5.92. The molecule has 1 fully saturated rings. The predicted octanol–water partition coefficient (Wildman–Crippen LogP) is 6.06. The number of aromatic nitrogens is 4. The molecule has 5 aromatic rings. The summed E-state index contributed by atoms with van der Waals surface area (Å²) < 4.78 is 7.27. The van der Waals surface area contributed by atoms with Crippen molar-refractivity contribution in [2.75, 3.05) is 0 Å². The number of aryl methyl sites for hydroxylation is 1. The number of amides is 1. The van der Waals surface area contributed by atoms with Gasteiger partial charge in [0.1, 0.15) is 5.60 Å². The number of nitrogens with zero attached hydrogens (tertiary/aromatic N) is 5. The normalized spacial score (nSPS) is 20.2. The number of nitrogens with one attached hydrogen (secondary N) is 1. The molecule has 0 aliphatic heterocycles. The number of carbonyl (C=O) groups is 1. The van der Waals surface area contributed by atoms with Crippen LogP contribution in [0.3, 0.4) is 0 Å². The van der Waals surface area contributed by atoms with Gasteiger partial charge in [-0.25, -0.2) is 14.8 Å². The summed E-state index contributed by atoms with van der Waals surface area (Å²) in [6.45, 7) is 9.13. The molecule has 6 rings (SSSR count). The van der Waals surface area contributed by atoms with Crippen molar-refractivity contribution < 1.29 is 14.6 Å². The van der Waals surface area contributed by atoms with Gasteiger partial charge in [0.2, 0.25) is 0 Å². The van der Waals surface area contributed by atoms with Crippen molar-refractivity contribution in [1.82, 2.24) is 24.9 Å². The number of aliphatic hydroxyl groups is 1. The highest BCUT2D eigenvalue weighted by Gasteiger charge is 2.53. The summed E-state index contributed by atoms with van der Waals surface area (Å²) in [6, 6.07) is 21.5. The van der Waals surface area contributed by atoms with Gasteiger partial charge in [-0.3, -0.25) is 0 Å². The number of benzene rings is 2. The number of alkyl carbamates (subject to hydrolysis) is 1. The van der Waals surface area contributed by atoms with Crippen molar-refractivity contribution in [3.05, 3.63) is 83.7 Å². The lowest BCUT2D eigenvalue weighted by atomic mass is 9.62. The molecule has 1 amide bonds. The van der Waals surface area contributed by atoms with Crippen molar-refractivity contribution in [2.45, 2.75) is 64.2 Å². The largest absolute Gasteiger partial charge is 0.444 e. The maximum Gasteiger partial charge on any atom is 0.408 e. The van der Waals surface area contributed by atoms with Crippen molar-refractivity contribution >= 4 is 22.8 Å². The molecule has 212 valence electrons. The van der Waals surface area contributed by atoms with E-state index in [1.54, 1.807) is 23.7 Å². The molecule has 2 N–H and O–H groups in total. The van der Waals surface area contributed by atoms with E-state index in [2.05, 4.69) is 21.5 Å². The van der Waals surface area contributed by atoms with Gasteiger partial charge in [-0.1, -0.05) is 42.5 Å². The summed E-state index contributed by atoms with van der Waals surface area (Å²) in [6.07, 6.45) is 1.97. The highest BCUT2D eigenvalue weighted by Crippen LogP contribution is 2.49. The Balaban J connectivity index is 1.48. The number of pyridine rings is 1. The third-order valence-corrected chi connectivity index (χ3v) is 7.53. The Morgan fingerprint density at radius 1 is 1.10 bits per heavy atom. The van der Waals surface area contributed by atoms with Crippen LogP contribution in [-0.2, 0) is 10.3 Å². The lowest BCUT2D eigenvalue weighted by Crippen LogP contribution is -2.62. The Hall–Kier alpha value is -4.81. The average molecular weight is 561 g/mol. The van der Waals surface area contributed by atoms with Crippen LogP contribution in [0.5, 0.6) is 0 Å². The summed E-state index contributed by atoms with van der Waals surface area (Å²) in [7, 11) is 0. The number of ether oxygens (including phenoxy) is 1. The fraction of sp³-hybridized carbons (Fsp3) is 0.303.